The Labute approximate surface area is 125 Å². The highest BCUT2D eigenvalue weighted by Crippen LogP contribution is 2.31. The van der Waals surface area contributed by atoms with E-state index in [1.165, 1.54) is 5.56 Å². The average molecular weight is 296 g/mol. The molecule has 0 fully saturated rings. The number of rotatable bonds is 3. The molecule has 0 amide bonds. The van der Waals surface area contributed by atoms with Crippen LogP contribution in [0, 0.1) is 6.92 Å². The molecule has 0 saturated carbocycles. The summed E-state index contributed by atoms with van der Waals surface area (Å²) >= 11 is -2.27. The zero-order valence-corrected chi connectivity index (χ0v) is 12.3. The van der Waals surface area contributed by atoms with Gasteiger partial charge in [-0.05, 0) is 47.7 Å². The van der Waals surface area contributed by atoms with E-state index >= 15 is 0 Å². The minimum Gasteiger partial charge on any atom is -0.768 e. The number of aryl methyl sites for hydroxylation is 1. The molecule has 21 heavy (non-hydrogen) atoms. The van der Waals surface area contributed by atoms with Crippen LogP contribution in [0.2, 0.25) is 0 Å². The van der Waals surface area contributed by atoms with Crippen molar-refractivity contribution in [3.63, 3.8) is 0 Å². The summed E-state index contributed by atoms with van der Waals surface area (Å²) in [4.78, 5) is 0.308. The molecule has 0 bridgehead atoms. The largest absolute Gasteiger partial charge is 0.768 e. The molecule has 0 spiro atoms. The molecule has 1 atom stereocenters. The van der Waals surface area contributed by atoms with Gasteiger partial charge in [0.2, 0.25) is 0 Å². The van der Waals surface area contributed by atoms with Crippen molar-refractivity contribution in [2.24, 2.45) is 0 Å². The molecule has 0 saturated heterocycles. The molecular weight excluding hydrogens is 282 g/mol. The second-order valence-corrected chi connectivity index (χ2v) is 5.79. The van der Waals surface area contributed by atoms with Crippen LogP contribution in [-0.2, 0) is 11.1 Å². The van der Waals surface area contributed by atoms with Gasteiger partial charge in [0, 0.05) is 21.7 Å². The van der Waals surface area contributed by atoms with Crippen LogP contribution in [-0.4, -0.2) is 8.76 Å². The molecule has 0 radical (unpaired) electrons. The summed E-state index contributed by atoms with van der Waals surface area (Å²) in [6, 6.07) is 19.0. The number of fused-ring (bicyclic) bond motifs is 1. The normalized spacial score (nSPS) is 12.3. The van der Waals surface area contributed by atoms with Crippen molar-refractivity contribution in [3.8, 4) is 0 Å². The van der Waals surface area contributed by atoms with E-state index in [2.05, 4.69) is 5.32 Å². The number of hydrogen-bond acceptors (Lipinski definition) is 3. The molecule has 0 aliphatic carbocycles. The lowest BCUT2D eigenvalue weighted by Gasteiger charge is -2.15. The van der Waals surface area contributed by atoms with Gasteiger partial charge in [0.25, 0.3) is 0 Å². The Balaban J connectivity index is 2.13. The summed E-state index contributed by atoms with van der Waals surface area (Å²) in [6.45, 7) is 2.03. The third-order valence-electron chi connectivity index (χ3n) is 3.38. The summed E-state index contributed by atoms with van der Waals surface area (Å²) in [6.07, 6.45) is 0. The summed E-state index contributed by atoms with van der Waals surface area (Å²) in [5.41, 5.74) is 2.90. The van der Waals surface area contributed by atoms with Gasteiger partial charge in [-0.15, -0.1) is 0 Å². The Bertz CT molecular complexity index is 807. The second kappa shape index (κ2) is 5.68. The Morgan fingerprint density at radius 2 is 1.62 bits per heavy atom. The van der Waals surface area contributed by atoms with Crippen molar-refractivity contribution in [3.05, 3.63) is 66.2 Å². The molecule has 3 aromatic rings. The fourth-order valence-corrected chi connectivity index (χ4v) is 2.93. The molecule has 1 unspecified atom stereocenters. The van der Waals surface area contributed by atoms with Crippen LogP contribution in [0.15, 0.2) is 65.6 Å². The Morgan fingerprint density at radius 1 is 0.952 bits per heavy atom. The first-order valence-electron chi connectivity index (χ1n) is 6.60. The summed E-state index contributed by atoms with van der Waals surface area (Å²) in [7, 11) is 0. The SMILES string of the molecule is Cc1ccc(Nc2cccc3cccc(S(=O)[O-])c23)cc1. The third kappa shape index (κ3) is 2.82. The maximum atomic E-state index is 11.4. The molecule has 3 aromatic carbocycles. The van der Waals surface area contributed by atoms with Crippen molar-refractivity contribution in [2.45, 2.75) is 11.8 Å². The van der Waals surface area contributed by atoms with E-state index in [1.807, 2.05) is 55.5 Å². The fraction of sp³-hybridized carbons (Fsp3) is 0.0588. The van der Waals surface area contributed by atoms with Crippen molar-refractivity contribution >= 4 is 33.2 Å². The second-order valence-electron chi connectivity index (χ2n) is 4.89. The lowest BCUT2D eigenvalue weighted by molar-refractivity contribution is 0.538. The molecular formula is C17H14NO2S-. The molecule has 106 valence electrons. The first-order valence-corrected chi connectivity index (χ1v) is 7.67. The first kappa shape index (κ1) is 13.8. The molecule has 0 aromatic heterocycles. The topological polar surface area (TPSA) is 52.2 Å². The first-order chi connectivity index (χ1) is 10.1. The van der Waals surface area contributed by atoms with Crippen molar-refractivity contribution in [2.75, 3.05) is 5.32 Å². The van der Waals surface area contributed by atoms with Crippen molar-refractivity contribution < 1.29 is 8.76 Å². The molecule has 0 heterocycles. The van der Waals surface area contributed by atoms with Gasteiger partial charge < -0.3 is 9.87 Å². The summed E-state index contributed by atoms with van der Waals surface area (Å²) in [5, 5.41) is 4.91. The molecule has 0 aliphatic heterocycles. The van der Waals surface area contributed by atoms with E-state index in [0.29, 0.717) is 10.3 Å². The summed E-state index contributed by atoms with van der Waals surface area (Å²) in [5.74, 6) is 0. The third-order valence-corrected chi connectivity index (χ3v) is 4.08. The molecule has 3 rings (SSSR count). The van der Waals surface area contributed by atoms with Gasteiger partial charge in [0.05, 0.1) is 0 Å². The zero-order chi connectivity index (χ0) is 14.8. The molecule has 1 N–H and O–H groups in total. The molecule has 3 nitrogen and oxygen atoms in total. The van der Waals surface area contributed by atoms with E-state index < -0.39 is 11.1 Å². The Hall–Kier alpha value is -2.17. The Morgan fingerprint density at radius 3 is 2.29 bits per heavy atom. The highest BCUT2D eigenvalue weighted by Gasteiger charge is 2.07. The van der Waals surface area contributed by atoms with Gasteiger partial charge in [-0.2, -0.15) is 0 Å². The quantitative estimate of drug-likeness (QED) is 0.739. The lowest BCUT2D eigenvalue weighted by Crippen LogP contribution is -1.96. The Kier molecular flexibility index (Phi) is 3.73. The van der Waals surface area contributed by atoms with Gasteiger partial charge >= 0.3 is 0 Å². The number of nitrogens with one attached hydrogen (secondary N) is 1. The standard InChI is InChI=1S/C17H15NO2S/c1-12-8-10-14(11-9-12)18-15-6-2-4-13-5-3-7-16(17(13)15)21(19)20/h2-11,18H,1H3,(H,19,20)/p-1. The number of benzene rings is 3. The zero-order valence-electron chi connectivity index (χ0n) is 11.5. The van der Waals surface area contributed by atoms with Crippen LogP contribution in [0.25, 0.3) is 10.8 Å². The van der Waals surface area contributed by atoms with Crippen molar-refractivity contribution in [1.29, 1.82) is 0 Å². The number of hydrogen-bond donors (Lipinski definition) is 1. The van der Waals surface area contributed by atoms with Gasteiger partial charge in [-0.3, -0.25) is 4.21 Å². The van der Waals surface area contributed by atoms with Crippen LogP contribution >= 0.6 is 0 Å². The van der Waals surface area contributed by atoms with E-state index in [9.17, 15) is 8.76 Å². The number of anilines is 2. The van der Waals surface area contributed by atoms with E-state index in [1.54, 1.807) is 12.1 Å². The van der Waals surface area contributed by atoms with Crippen LogP contribution in [0.4, 0.5) is 11.4 Å². The minimum atomic E-state index is -2.27. The van der Waals surface area contributed by atoms with Crippen LogP contribution in [0.3, 0.4) is 0 Å². The van der Waals surface area contributed by atoms with Crippen molar-refractivity contribution in [1.82, 2.24) is 0 Å². The van der Waals surface area contributed by atoms with E-state index in [-0.39, 0.29) is 0 Å². The van der Waals surface area contributed by atoms with E-state index in [4.69, 9.17) is 0 Å². The lowest BCUT2D eigenvalue weighted by atomic mass is 10.1. The summed E-state index contributed by atoms with van der Waals surface area (Å²) < 4.78 is 22.9. The van der Waals surface area contributed by atoms with Crippen LogP contribution in [0.5, 0.6) is 0 Å². The fourth-order valence-electron chi connectivity index (χ4n) is 2.34. The molecule has 4 heteroatoms. The van der Waals surface area contributed by atoms with Crippen LogP contribution < -0.4 is 5.32 Å². The maximum absolute atomic E-state index is 11.4. The van der Waals surface area contributed by atoms with E-state index in [0.717, 1.165) is 16.8 Å². The van der Waals surface area contributed by atoms with Crippen LogP contribution in [0.1, 0.15) is 5.56 Å². The average Bonchev–Trinajstić information content (AvgIpc) is 2.49. The van der Waals surface area contributed by atoms with Gasteiger partial charge in [-0.1, -0.05) is 42.0 Å². The predicted molar refractivity (Wildman–Crippen MR) is 85.6 cm³/mol. The monoisotopic (exact) mass is 296 g/mol. The van der Waals surface area contributed by atoms with Gasteiger partial charge in [-0.25, -0.2) is 0 Å². The maximum Gasteiger partial charge on any atom is 0.0475 e. The smallest absolute Gasteiger partial charge is 0.0475 e. The highest BCUT2D eigenvalue weighted by atomic mass is 32.2. The highest BCUT2D eigenvalue weighted by molar-refractivity contribution is 7.79. The molecule has 0 aliphatic rings. The van der Waals surface area contributed by atoms with Gasteiger partial charge in [0.1, 0.15) is 0 Å². The minimum absolute atomic E-state index is 0.308. The predicted octanol–water partition coefficient (Wildman–Crippen LogP) is 4.13. The van der Waals surface area contributed by atoms with Gasteiger partial charge in [0.15, 0.2) is 0 Å².